The Bertz CT molecular complexity index is 403. The van der Waals surface area contributed by atoms with Crippen LogP contribution in [0, 0.1) is 0 Å². The third-order valence-corrected chi connectivity index (χ3v) is 3.10. The number of nitrogen functional groups attached to an aromatic ring is 1. The van der Waals surface area contributed by atoms with Crippen molar-refractivity contribution in [1.29, 1.82) is 0 Å². The molecule has 2 rings (SSSR count). The van der Waals surface area contributed by atoms with Crippen LogP contribution in [-0.2, 0) is 4.74 Å². The Labute approximate surface area is 107 Å². The van der Waals surface area contributed by atoms with Crippen LogP contribution in [0.4, 0.5) is 5.69 Å². The second kappa shape index (κ2) is 6.37. The first-order chi connectivity index (χ1) is 8.81. The number of rotatable bonds is 5. The molecule has 5 heteroatoms. The number of anilines is 1. The lowest BCUT2D eigenvalue weighted by molar-refractivity contribution is 0.0908. The zero-order valence-electron chi connectivity index (χ0n) is 10.3. The molecule has 0 saturated carbocycles. The van der Waals surface area contributed by atoms with Crippen LogP contribution in [0.2, 0.25) is 0 Å². The van der Waals surface area contributed by atoms with Gasteiger partial charge < -0.3 is 15.5 Å². The quantitative estimate of drug-likeness (QED) is 0.542. The summed E-state index contributed by atoms with van der Waals surface area (Å²) in [7, 11) is 0. The zero-order valence-corrected chi connectivity index (χ0v) is 10.3. The lowest BCUT2D eigenvalue weighted by Crippen LogP contribution is -2.28. The van der Waals surface area contributed by atoms with E-state index in [9.17, 15) is 4.79 Å². The Morgan fingerprint density at radius 2 is 2.28 bits per heavy atom. The molecular formula is C13H19N3O2. The number of carbonyl (C=O) groups excluding carboxylic acids is 1. The molecule has 0 radical (unpaired) electrons. The number of benzene rings is 1. The molecule has 1 atom stereocenters. The van der Waals surface area contributed by atoms with Gasteiger partial charge in [0.2, 0.25) is 0 Å². The van der Waals surface area contributed by atoms with Crippen molar-refractivity contribution in [3.63, 3.8) is 0 Å². The number of nitrogens with one attached hydrogen (secondary N) is 2. The van der Waals surface area contributed by atoms with Gasteiger partial charge in [-0.15, -0.1) is 0 Å². The smallest absolute Gasteiger partial charge is 0.253 e. The van der Waals surface area contributed by atoms with Gasteiger partial charge in [-0.3, -0.25) is 10.6 Å². The standard InChI is InChI=1S/C13H19N3O2/c14-16-12-6-2-1-5-11(12)13(17)15-8-7-10-4-3-9-18-10/h1-2,5-6,10,16H,3-4,7-9,14H2,(H,15,17). The molecule has 0 aromatic heterocycles. The topological polar surface area (TPSA) is 76.4 Å². The van der Waals surface area contributed by atoms with Gasteiger partial charge in [-0.05, 0) is 31.4 Å². The molecule has 1 aromatic carbocycles. The Morgan fingerprint density at radius 3 is 3.00 bits per heavy atom. The van der Waals surface area contributed by atoms with E-state index in [2.05, 4.69) is 10.7 Å². The van der Waals surface area contributed by atoms with Crippen molar-refractivity contribution in [3.05, 3.63) is 29.8 Å². The van der Waals surface area contributed by atoms with Crippen molar-refractivity contribution < 1.29 is 9.53 Å². The molecule has 18 heavy (non-hydrogen) atoms. The van der Waals surface area contributed by atoms with E-state index in [1.54, 1.807) is 12.1 Å². The first-order valence-corrected chi connectivity index (χ1v) is 6.26. The Balaban J connectivity index is 1.83. The second-order valence-electron chi connectivity index (χ2n) is 4.37. The molecule has 1 unspecified atom stereocenters. The van der Waals surface area contributed by atoms with E-state index in [1.165, 1.54) is 0 Å². The van der Waals surface area contributed by atoms with Gasteiger partial charge in [-0.1, -0.05) is 12.1 Å². The average molecular weight is 249 g/mol. The van der Waals surface area contributed by atoms with Gasteiger partial charge in [0.1, 0.15) is 0 Å². The van der Waals surface area contributed by atoms with Crippen LogP contribution in [0.1, 0.15) is 29.6 Å². The van der Waals surface area contributed by atoms with Gasteiger partial charge in [0, 0.05) is 13.2 Å². The van der Waals surface area contributed by atoms with E-state index >= 15 is 0 Å². The second-order valence-corrected chi connectivity index (χ2v) is 4.37. The van der Waals surface area contributed by atoms with Crippen LogP contribution in [0.15, 0.2) is 24.3 Å². The molecule has 1 aliphatic heterocycles. The Kier molecular flexibility index (Phi) is 4.55. The molecule has 5 nitrogen and oxygen atoms in total. The maximum absolute atomic E-state index is 12.0. The summed E-state index contributed by atoms with van der Waals surface area (Å²) in [6, 6.07) is 7.17. The summed E-state index contributed by atoms with van der Waals surface area (Å²) in [4.78, 5) is 12.0. The average Bonchev–Trinajstić information content (AvgIpc) is 2.91. The molecule has 1 saturated heterocycles. The minimum Gasteiger partial charge on any atom is -0.378 e. The van der Waals surface area contributed by atoms with Crippen LogP contribution in [0.5, 0.6) is 0 Å². The minimum atomic E-state index is -0.110. The summed E-state index contributed by atoms with van der Waals surface area (Å²) < 4.78 is 5.50. The molecular weight excluding hydrogens is 230 g/mol. The first-order valence-electron chi connectivity index (χ1n) is 6.26. The van der Waals surface area contributed by atoms with Crippen molar-refractivity contribution in [1.82, 2.24) is 5.32 Å². The van der Waals surface area contributed by atoms with Gasteiger partial charge in [0.15, 0.2) is 0 Å². The fraction of sp³-hybridized carbons (Fsp3) is 0.462. The highest BCUT2D eigenvalue weighted by atomic mass is 16.5. The van der Waals surface area contributed by atoms with Gasteiger partial charge in [0.25, 0.3) is 5.91 Å². The molecule has 0 spiro atoms. The number of hydrogen-bond donors (Lipinski definition) is 3. The molecule has 1 heterocycles. The summed E-state index contributed by atoms with van der Waals surface area (Å²) in [5, 5.41) is 2.89. The zero-order chi connectivity index (χ0) is 12.8. The predicted molar refractivity (Wildman–Crippen MR) is 70.2 cm³/mol. The van der Waals surface area contributed by atoms with E-state index in [0.29, 0.717) is 23.9 Å². The molecule has 1 fully saturated rings. The predicted octanol–water partition coefficient (Wildman–Crippen LogP) is 1.27. The van der Waals surface area contributed by atoms with Gasteiger partial charge in [-0.25, -0.2) is 0 Å². The maximum atomic E-state index is 12.0. The number of para-hydroxylation sites is 1. The van der Waals surface area contributed by atoms with Crippen molar-refractivity contribution >= 4 is 11.6 Å². The summed E-state index contributed by atoms with van der Waals surface area (Å²) in [5.41, 5.74) is 3.72. The highest BCUT2D eigenvalue weighted by Gasteiger charge is 2.16. The van der Waals surface area contributed by atoms with Crippen LogP contribution >= 0.6 is 0 Å². The SMILES string of the molecule is NNc1ccccc1C(=O)NCCC1CCCO1. The normalized spacial score (nSPS) is 18.6. The number of carbonyl (C=O) groups is 1. The highest BCUT2D eigenvalue weighted by molar-refractivity contribution is 5.99. The highest BCUT2D eigenvalue weighted by Crippen LogP contribution is 2.15. The summed E-state index contributed by atoms with van der Waals surface area (Å²) >= 11 is 0. The number of hydrazine groups is 1. The first kappa shape index (κ1) is 12.9. The molecule has 1 aromatic rings. The fourth-order valence-electron chi connectivity index (χ4n) is 2.12. The third-order valence-electron chi connectivity index (χ3n) is 3.10. The van der Waals surface area contributed by atoms with Crippen molar-refractivity contribution in [2.45, 2.75) is 25.4 Å². The number of hydrogen-bond acceptors (Lipinski definition) is 4. The van der Waals surface area contributed by atoms with Crippen LogP contribution in [0.3, 0.4) is 0 Å². The van der Waals surface area contributed by atoms with Gasteiger partial charge >= 0.3 is 0 Å². The van der Waals surface area contributed by atoms with Crippen molar-refractivity contribution in [2.75, 3.05) is 18.6 Å². The summed E-state index contributed by atoms with van der Waals surface area (Å²) in [5.74, 6) is 5.26. The van der Waals surface area contributed by atoms with E-state index < -0.39 is 0 Å². The maximum Gasteiger partial charge on any atom is 0.253 e. The molecule has 1 amide bonds. The Hall–Kier alpha value is -1.59. The summed E-state index contributed by atoms with van der Waals surface area (Å²) in [6.07, 6.45) is 3.38. The van der Waals surface area contributed by atoms with E-state index in [-0.39, 0.29) is 5.91 Å². The van der Waals surface area contributed by atoms with Gasteiger partial charge in [-0.2, -0.15) is 0 Å². The fourth-order valence-corrected chi connectivity index (χ4v) is 2.12. The Morgan fingerprint density at radius 1 is 1.44 bits per heavy atom. The summed E-state index contributed by atoms with van der Waals surface area (Å²) in [6.45, 7) is 1.47. The van der Waals surface area contributed by atoms with E-state index in [0.717, 1.165) is 25.9 Å². The lowest BCUT2D eigenvalue weighted by atomic mass is 10.1. The van der Waals surface area contributed by atoms with E-state index in [1.807, 2.05) is 12.1 Å². The minimum absolute atomic E-state index is 0.110. The van der Waals surface area contributed by atoms with E-state index in [4.69, 9.17) is 10.6 Å². The molecule has 98 valence electrons. The van der Waals surface area contributed by atoms with Crippen molar-refractivity contribution in [2.24, 2.45) is 5.84 Å². The lowest BCUT2D eigenvalue weighted by Gasteiger charge is -2.11. The van der Waals surface area contributed by atoms with Gasteiger partial charge in [0.05, 0.1) is 17.4 Å². The number of ether oxygens (including phenoxy) is 1. The number of amides is 1. The number of nitrogens with two attached hydrogens (primary N) is 1. The van der Waals surface area contributed by atoms with Crippen LogP contribution in [-0.4, -0.2) is 25.2 Å². The third kappa shape index (κ3) is 3.21. The van der Waals surface area contributed by atoms with Crippen molar-refractivity contribution in [3.8, 4) is 0 Å². The van der Waals surface area contributed by atoms with Crippen LogP contribution < -0.4 is 16.6 Å². The van der Waals surface area contributed by atoms with Crippen LogP contribution in [0.25, 0.3) is 0 Å². The monoisotopic (exact) mass is 249 g/mol. The molecule has 4 N–H and O–H groups in total. The largest absolute Gasteiger partial charge is 0.378 e. The molecule has 0 aliphatic carbocycles. The molecule has 1 aliphatic rings. The molecule has 0 bridgehead atoms.